The zero-order valence-corrected chi connectivity index (χ0v) is 21.5. The fraction of sp³-hybridized carbons (Fsp3) is 0.308. The molecule has 1 amide bonds. The van der Waals surface area contributed by atoms with Gasteiger partial charge in [0.15, 0.2) is 5.75 Å². The highest BCUT2D eigenvalue weighted by Crippen LogP contribution is 2.40. The topological polar surface area (TPSA) is 120 Å². The molecule has 1 atom stereocenters. The number of pyridine rings is 2. The van der Waals surface area contributed by atoms with Gasteiger partial charge in [-0.3, -0.25) is 14.6 Å². The summed E-state index contributed by atoms with van der Waals surface area (Å²) in [5, 5.41) is 11.5. The standard InChI is InChI=1S/C24H23N3O4S.C2HF3O2/c1-27-18-7-3-2-6-17(18)21-19(24(27)29)20(31-14-15-8-10-25-11-9-15)22(32-21)23(28)26-13-16-5-4-12-30-16;3-2(4,5)1(6)7/h2-3,6-11,16H,4-5,12-14H2,1H3,(H,26,28);(H,6,7). The number of alkyl halides is 3. The molecule has 3 aromatic heterocycles. The van der Waals surface area contributed by atoms with Gasteiger partial charge >= 0.3 is 12.1 Å². The van der Waals surface area contributed by atoms with E-state index in [1.165, 1.54) is 11.3 Å². The molecular formula is C26H24F3N3O6S. The van der Waals surface area contributed by atoms with Crippen LogP contribution in [0.25, 0.3) is 21.0 Å². The van der Waals surface area contributed by atoms with Crippen LogP contribution >= 0.6 is 11.3 Å². The number of nitrogens with zero attached hydrogens (tertiary/aromatic N) is 2. The predicted octanol–water partition coefficient (Wildman–Crippen LogP) is 4.27. The van der Waals surface area contributed by atoms with Crippen LogP contribution in [-0.4, -0.2) is 52.0 Å². The van der Waals surface area contributed by atoms with Crippen LogP contribution in [0.2, 0.25) is 0 Å². The number of carboxylic acid groups (broad SMARTS) is 1. The molecular weight excluding hydrogens is 539 g/mol. The summed E-state index contributed by atoms with van der Waals surface area (Å²) in [6, 6.07) is 11.4. The van der Waals surface area contributed by atoms with Crippen molar-refractivity contribution in [2.45, 2.75) is 31.7 Å². The predicted molar refractivity (Wildman–Crippen MR) is 138 cm³/mol. The summed E-state index contributed by atoms with van der Waals surface area (Å²) in [7, 11) is 1.74. The highest BCUT2D eigenvalue weighted by Gasteiger charge is 2.38. The van der Waals surface area contributed by atoms with Gasteiger partial charge in [0.25, 0.3) is 11.5 Å². The first-order valence-electron chi connectivity index (χ1n) is 11.8. The lowest BCUT2D eigenvalue weighted by Crippen LogP contribution is -2.31. The molecule has 0 radical (unpaired) electrons. The first-order valence-corrected chi connectivity index (χ1v) is 12.7. The number of carboxylic acids is 1. The van der Waals surface area contributed by atoms with Crippen molar-refractivity contribution >= 4 is 44.2 Å². The minimum Gasteiger partial charge on any atom is -0.486 e. The number of aromatic nitrogens is 2. The number of benzene rings is 1. The van der Waals surface area contributed by atoms with Gasteiger partial charge in [0.05, 0.1) is 16.3 Å². The average Bonchev–Trinajstić information content (AvgIpc) is 3.58. The van der Waals surface area contributed by atoms with Crippen molar-refractivity contribution in [3.05, 3.63) is 69.6 Å². The van der Waals surface area contributed by atoms with E-state index in [9.17, 15) is 22.8 Å². The largest absolute Gasteiger partial charge is 0.490 e. The molecule has 4 aromatic rings. The maximum absolute atomic E-state index is 13.3. The van der Waals surface area contributed by atoms with Crippen LogP contribution in [0, 0.1) is 0 Å². The monoisotopic (exact) mass is 563 g/mol. The van der Waals surface area contributed by atoms with E-state index < -0.39 is 12.1 Å². The van der Waals surface area contributed by atoms with Crippen molar-refractivity contribution in [3.63, 3.8) is 0 Å². The van der Waals surface area contributed by atoms with E-state index in [1.807, 2.05) is 36.4 Å². The third-order valence-corrected chi connectivity index (χ3v) is 7.19. The number of aryl methyl sites for hydroxylation is 1. The Balaban J connectivity index is 0.000000448. The maximum Gasteiger partial charge on any atom is 0.490 e. The van der Waals surface area contributed by atoms with Gasteiger partial charge in [0.1, 0.15) is 16.9 Å². The molecule has 1 saturated heterocycles. The second-order valence-corrected chi connectivity index (χ2v) is 9.66. The molecule has 1 unspecified atom stereocenters. The van der Waals surface area contributed by atoms with E-state index in [-0.39, 0.29) is 24.2 Å². The van der Waals surface area contributed by atoms with Crippen LogP contribution in [0.15, 0.2) is 53.6 Å². The molecule has 0 aliphatic carbocycles. The summed E-state index contributed by atoms with van der Waals surface area (Å²) in [6.45, 7) is 1.40. The third kappa shape index (κ3) is 6.37. The van der Waals surface area contributed by atoms with E-state index in [0.717, 1.165) is 40.6 Å². The SMILES string of the molecule is Cn1c(=O)c2c(OCc3ccncc3)c(C(=O)NCC3CCCO3)sc2c2ccccc21.O=C(O)C(F)(F)F. The Morgan fingerprint density at radius 1 is 1.23 bits per heavy atom. The fourth-order valence-electron chi connectivity index (χ4n) is 4.05. The molecule has 1 aliphatic rings. The van der Waals surface area contributed by atoms with E-state index >= 15 is 0 Å². The third-order valence-electron chi connectivity index (χ3n) is 5.99. The Morgan fingerprint density at radius 3 is 2.56 bits per heavy atom. The first kappa shape index (κ1) is 28.0. The number of thiophene rings is 1. The van der Waals surface area contributed by atoms with Crippen LogP contribution in [0.4, 0.5) is 13.2 Å². The molecule has 0 saturated carbocycles. The number of para-hydroxylation sites is 1. The number of aliphatic carboxylic acids is 1. The normalized spacial score (nSPS) is 15.1. The molecule has 0 bridgehead atoms. The minimum atomic E-state index is -5.08. The molecule has 206 valence electrons. The summed E-state index contributed by atoms with van der Waals surface area (Å²) < 4.78 is 45.9. The van der Waals surface area contributed by atoms with E-state index in [2.05, 4.69) is 10.3 Å². The van der Waals surface area contributed by atoms with Crippen LogP contribution in [0.5, 0.6) is 5.75 Å². The summed E-state index contributed by atoms with van der Waals surface area (Å²) in [6.07, 6.45) is 0.260. The number of hydrogen-bond donors (Lipinski definition) is 2. The maximum atomic E-state index is 13.3. The van der Waals surface area contributed by atoms with Crippen molar-refractivity contribution in [2.24, 2.45) is 7.05 Å². The van der Waals surface area contributed by atoms with Crippen molar-refractivity contribution in [1.82, 2.24) is 14.9 Å². The Labute approximate surface area is 223 Å². The first-order chi connectivity index (χ1) is 18.6. The Morgan fingerprint density at radius 2 is 1.92 bits per heavy atom. The Bertz CT molecular complexity index is 1550. The zero-order chi connectivity index (χ0) is 28.2. The molecule has 9 nitrogen and oxygen atoms in total. The number of hydrogen-bond acceptors (Lipinski definition) is 7. The van der Waals surface area contributed by atoms with Crippen molar-refractivity contribution < 1.29 is 37.3 Å². The number of ether oxygens (including phenoxy) is 2. The van der Waals surface area contributed by atoms with Gasteiger partial charge in [-0.05, 0) is 36.6 Å². The molecule has 39 heavy (non-hydrogen) atoms. The van der Waals surface area contributed by atoms with Crippen molar-refractivity contribution in [3.8, 4) is 5.75 Å². The average molecular weight is 564 g/mol. The number of nitrogens with one attached hydrogen (secondary N) is 1. The summed E-state index contributed by atoms with van der Waals surface area (Å²) in [5.74, 6) is -2.68. The lowest BCUT2D eigenvalue weighted by atomic mass is 10.1. The van der Waals surface area contributed by atoms with E-state index in [0.29, 0.717) is 22.6 Å². The zero-order valence-electron chi connectivity index (χ0n) is 20.7. The fourth-order valence-corrected chi connectivity index (χ4v) is 5.24. The number of halogens is 3. The van der Waals surface area contributed by atoms with Crippen LogP contribution in [0.3, 0.4) is 0 Å². The Hall–Kier alpha value is -3.97. The molecule has 0 spiro atoms. The second-order valence-electron chi connectivity index (χ2n) is 8.64. The smallest absolute Gasteiger partial charge is 0.486 e. The van der Waals surface area contributed by atoms with E-state index in [1.54, 1.807) is 24.0 Å². The van der Waals surface area contributed by atoms with Gasteiger partial charge in [-0.25, -0.2) is 4.79 Å². The van der Waals surface area contributed by atoms with Crippen LogP contribution in [-0.2, 0) is 23.2 Å². The van der Waals surface area contributed by atoms with Crippen LogP contribution in [0.1, 0.15) is 28.1 Å². The Kier molecular flexibility index (Phi) is 8.51. The highest BCUT2D eigenvalue weighted by atomic mass is 32.1. The molecule has 2 N–H and O–H groups in total. The molecule has 1 fully saturated rings. The summed E-state index contributed by atoms with van der Waals surface area (Å²) >= 11 is 1.30. The number of carbonyl (C=O) groups excluding carboxylic acids is 1. The van der Waals surface area contributed by atoms with Crippen LogP contribution < -0.4 is 15.6 Å². The molecule has 13 heteroatoms. The van der Waals surface area contributed by atoms with Crippen molar-refractivity contribution in [1.29, 1.82) is 0 Å². The highest BCUT2D eigenvalue weighted by molar-refractivity contribution is 7.22. The van der Waals surface area contributed by atoms with E-state index in [4.69, 9.17) is 19.4 Å². The molecule has 1 aliphatic heterocycles. The van der Waals surface area contributed by atoms with Gasteiger partial charge in [-0.15, -0.1) is 11.3 Å². The molecule has 5 rings (SSSR count). The van der Waals surface area contributed by atoms with Gasteiger partial charge in [0.2, 0.25) is 0 Å². The summed E-state index contributed by atoms with van der Waals surface area (Å²) in [4.78, 5) is 39.8. The number of amides is 1. The molecule has 4 heterocycles. The quantitative estimate of drug-likeness (QED) is 0.360. The number of fused-ring (bicyclic) bond motifs is 3. The second kappa shape index (κ2) is 11.8. The number of carbonyl (C=O) groups is 2. The summed E-state index contributed by atoms with van der Waals surface area (Å²) in [5.41, 5.74) is 1.54. The lowest BCUT2D eigenvalue weighted by molar-refractivity contribution is -0.192. The lowest BCUT2D eigenvalue weighted by Gasteiger charge is -2.12. The number of rotatable bonds is 6. The molecule has 1 aromatic carbocycles. The minimum absolute atomic E-state index is 0.0308. The van der Waals surface area contributed by atoms with Gasteiger partial charge in [-0.2, -0.15) is 13.2 Å². The van der Waals surface area contributed by atoms with Gasteiger partial charge in [-0.1, -0.05) is 18.2 Å². The van der Waals surface area contributed by atoms with Crippen molar-refractivity contribution in [2.75, 3.05) is 13.2 Å². The van der Waals surface area contributed by atoms with Gasteiger partial charge in [0, 0.05) is 38.0 Å². The van der Waals surface area contributed by atoms with Gasteiger partial charge < -0.3 is 24.5 Å².